The van der Waals surface area contributed by atoms with E-state index in [1.54, 1.807) is 26.3 Å². The standard InChI is InChI=1S/C31H40N4O5.ClH/c1-38-23-11-8-20(9-12-23)18-26(32)31(37)34-16-14-22(15-17-34)35-30(36)25-7-5-4-6-24(25)29(33-35)21-10-13-27(39-2)28(19-21)40-3;/h8-13,19,22,24-26H,4-7,14-18,32H2,1-3H3;1H/t24-,25+,26+;/m0./s1. The number of fused-ring (bicyclic) bond motifs is 1. The molecule has 222 valence electrons. The molecule has 0 spiro atoms. The molecule has 3 atom stereocenters. The van der Waals surface area contributed by atoms with Gasteiger partial charge in [0.25, 0.3) is 0 Å². The van der Waals surface area contributed by atoms with Crippen LogP contribution in [0.1, 0.15) is 49.7 Å². The maximum absolute atomic E-state index is 13.7. The summed E-state index contributed by atoms with van der Waals surface area (Å²) in [4.78, 5) is 28.7. The molecule has 2 amide bonds. The van der Waals surface area contributed by atoms with E-state index in [1.165, 1.54) is 0 Å². The van der Waals surface area contributed by atoms with Crippen molar-refractivity contribution in [1.29, 1.82) is 0 Å². The Morgan fingerprint density at radius 2 is 1.59 bits per heavy atom. The molecular formula is C31H41ClN4O5. The first-order valence-corrected chi connectivity index (χ1v) is 14.2. The third-order valence-corrected chi connectivity index (χ3v) is 8.61. The van der Waals surface area contributed by atoms with Crippen LogP contribution >= 0.6 is 12.4 Å². The number of amides is 2. The van der Waals surface area contributed by atoms with Gasteiger partial charge in [0.15, 0.2) is 11.5 Å². The average Bonchev–Trinajstić information content (AvgIpc) is 3.01. The third-order valence-electron chi connectivity index (χ3n) is 8.61. The van der Waals surface area contributed by atoms with Crippen molar-refractivity contribution in [3.8, 4) is 17.2 Å². The highest BCUT2D eigenvalue weighted by atomic mass is 35.5. The zero-order chi connectivity index (χ0) is 28.2. The van der Waals surface area contributed by atoms with Crippen LogP contribution in [0.25, 0.3) is 0 Å². The fourth-order valence-electron chi connectivity index (χ4n) is 6.36. The second kappa shape index (κ2) is 13.6. The number of nitrogens with two attached hydrogens (primary N) is 1. The molecule has 41 heavy (non-hydrogen) atoms. The van der Waals surface area contributed by atoms with E-state index in [0.717, 1.165) is 48.3 Å². The van der Waals surface area contributed by atoms with Crippen LogP contribution in [0.5, 0.6) is 17.2 Å². The maximum Gasteiger partial charge on any atom is 0.246 e. The zero-order valence-electron chi connectivity index (χ0n) is 24.1. The number of hydrogen-bond acceptors (Lipinski definition) is 7. The molecule has 2 aliphatic heterocycles. The fraction of sp³-hybridized carbons (Fsp3) is 0.516. The van der Waals surface area contributed by atoms with Gasteiger partial charge in [-0.3, -0.25) is 9.59 Å². The van der Waals surface area contributed by atoms with Gasteiger partial charge in [-0.1, -0.05) is 25.0 Å². The Morgan fingerprint density at radius 1 is 0.927 bits per heavy atom. The van der Waals surface area contributed by atoms with E-state index in [2.05, 4.69) is 0 Å². The van der Waals surface area contributed by atoms with Crippen LogP contribution in [0, 0.1) is 11.8 Å². The number of hydrazone groups is 1. The first-order chi connectivity index (χ1) is 19.4. The topological polar surface area (TPSA) is 107 Å². The number of ether oxygens (including phenoxy) is 3. The van der Waals surface area contributed by atoms with Crippen LogP contribution in [-0.4, -0.2) is 73.9 Å². The van der Waals surface area contributed by atoms with Gasteiger partial charge in [0.05, 0.1) is 39.1 Å². The molecule has 2 N–H and O–H groups in total. The van der Waals surface area contributed by atoms with Crippen molar-refractivity contribution in [1.82, 2.24) is 9.91 Å². The van der Waals surface area contributed by atoms with E-state index in [1.807, 2.05) is 47.4 Å². The first kappa shape index (κ1) is 30.7. The number of likely N-dealkylation sites (tertiary alicyclic amines) is 1. The van der Waals surface area contributed by atoms with E-state index in [-0.39, 0.29) is 42.1 Å². The van der Waals surface area contributed by atoms with Gasteiger partial charge >= 0.3 is 0 Å². The van der Waals surface area contributed by atoms with Crippen molar-refractivity contribution in [3.05, 3.63) is 53.6 Å². The molecular weight excluding hydrogens is 544 g/mol. The summed E-state index contributed by atoms with van der Waals surface area (Å²) in [6, 6.07) is 12.8. The van der Waals surface area contributed by atoms with Crippen molar-refractivity contribution >= 4 is 29.9 Å². The van der Waals surface area contributed by atoms with Gasteiger partial charge in [0, 0.05) is 30.5 Å². The molecule has 0 unspecified atom stereocenters. The minimum absolute atomic E-state index is 0. The Hall–Kier alpha value is -3.30. The predicted molar refractivity (Wildman–Crippen MR) is 160 cm³/mol. The molecule has 0 aromatic heterocycles. The van der Waals surface area contributed by atoms with Gasteiger partial charge in [-0.2, -0.15) is 5.10 Å². The molecule has 2 heterocycles. The minimum atomic E-state index is -0.612. The van der Waals surface area contributed by atoms with Crippen molar-refractivity contribution in [2.24, 2.45) is 22.7 Å². The van der Waals surface area contributed by atoms with Gasteiger partial charge in [-0.05, 0) is 68.0 Å². The lowest BCUT2D eigenvalue weighted by Crippen LogP contribution is -2.54. The number of hydrogen-bond donors (Lipinski definition) is 1. The van der Waals surface area contributed by atoms with Gasteiger partial charge in [0.2, 0.25) is 11.8 Å². The molecule has 9 nitrogen and oxygen atoms in total. The van der Waals surface area contributed by atoms with Crippen molar-refractivity contribution in [2.75, 3.05) is 34.4 Å². The molecule has 0 bridgehead atoms. The van der Waals surface area contributed by atoms with Crippen LogP contribution in [0.2, 0.25) is 0 Å². The van der Waals surface area contributed by atoms with E-state index >= 15 is 0 Å². The lowest BCUT2D eigenvalue weighted by molar-refractivity contribution is -0.143. The molecule has 1 saturated heterocycles. The Kier molecular flexibility index (Phi) is 10.1. The molecule has 2 aromatic rings. The highest BCUT2D eigenvalue weighted by molar-refractivity contribution is 6.07. The zero-order valence-corrected chi connectivity index (χ0v) is 24.9. The second-order valence-electron chi connectivity index (χ2n) is 11.0. The molecule has 1 aliphatic carbocycles. The lowest BCUT2D eigenvalue weighted by Gasteiger charge is -2.43. The number of carbonyl (C=O) groups is 2. The quantitative estimate of drug-likeness (QED) is 0.502. The van der Waals surface area contributed by atoms with Gasteiger partial charge in [-0.25, -0.2) is 5.01 Å². The summed E-state index contributed by atoms with van der Waals surface area (Å²) >= 11 is 0. The molecule has 3 aliphatic rings. The summed E-state index contributed by atoms with van der Waals surface area (Å²) in [6.07, 6.45) is 5.80. The molecule has 1 saturated carbocycles. The third kappa shape index (κ3) is 6.46. The summed E-state index contributed by atoms with van der Waals surface area (Å²) in [5.41, 5.74) is 9.23. The van der Waals surface area contributed by atoms with Gasteiger partial charge in [0.1, 0.15) is 5.75 Å². The number of carbonyl (C=O) groups excluding carboxylic acids is 2. The molecule has 10 heteroatoms. The van der Waals surface area contributed by atoms with E-state index in [9.17, 15) is 9.59 Å². The van der Waals surface area contributed by atoms with Crippen LogP contribution in [0.4, 0.5) is 0 Å². The largest absolute Gasteiger partial charge is 0.497 e. The molecule has 5 rings (SSSR count). The number of piperidine rings is 1. The number of halogens is 1. The Bertz CT molecular complexity index is 1250. The summed E-state index contributed by atoms with van der Waals surface area (Å²) in [5.74, 6) is 2.19. The Balaban J connectivity index is 0.00000387. The van der Waals surface area contributed by atoms with Crippen LogP contribution < -0.4 is 19.9 Å². The Labute approximate surface area is 248 Å². The molecule has 2 fully saturated rings. The number of methoxy groups -OCH3 is 3. The average molecular weight is 585 g/mol. The van der Waals surface area contributed by atoms with E-state index < -0.39 is 6.04 Å². The SMILES string of the molecule is COc1ccc(C[C@@H](N)C(=O)N2CCC(N3N=C(c4ccc(OC)c(OC)c4)[C@H]4CCCC[C@H]4C3=O)CC2)cc1.Cl. The summed E-state index contributed by atoms with van der Waals surface area (Å²) in [7, 11) is 4.87. The number of benzene rings is 2. The smallest absolute Gasteiger partial charge is 0.246 e. The summed E-state index contributed by atoms with van der Waals surface area (Å²) in [5, 5.41) is 6.75. The highest BCUT2D eigenvalue weighted by Gasteiger charge is 2.44. The van der Waals surface area contributed by atoms with Crippen molar-refractivity contribution in [3.63, 3.8) is 0 Å². The van der Waals surface area contributed by atoms with Gasteiger partial charge < -0.3 is 24.8 Å². The number of rotatable bonds is 8. The predicted octanol–water partition coefficient (Wildman–Crippen LogP) is 4.05. The van der Waals surface area contributed by atoms with Crippen molar-refractivity contribution < 1.29 is 23.8 Å². The monoisotopic (exact) mass is 584 g/mol. The molecule has 2 aromatic carbocycles. The van der Waals surface area contributed by atoms with E-state index in [0.29, 0.717) is 43.9 Å². The maximum atomic E-state index is 13.7. The minimum Gasteiger partial charge on any atom is -0.497 e. The lowest BCUT2D eigenvalue weighted by atomic mass is 9.73. The summed E-state index contributed by atoms with van der Waals surface area (Å²) in [6.45, 7) is 1.11. The summed E-state index contributed by atoms with van der Waals surface area (Å²) < 4.78 is 16.2. The van der Waals surface area contributed by atoms with Crippen molar-refractivity contribution in [2.45, 2.75) is 57.0 Å². The van der Waals surface area contributed by atoms with E-state index in [4.69, 9.17) is 25.0 Å². The van der Waals surface area contributed by atoms with Crippen LogP contribution in [-0.2, 0) is 16.0 Å². The molecule has 0 radical (unpaired) electrons. The van der Waals surface area contributed by atoms with Crippen LogP contribution in [0.3, 0.4) is 0 Å². The Morgan fingerprint density at radius 3 is 2.22 bits per heavy atom. The first-order valence-electron chi connectivity index (χ1n) is 14.2. The normalized spacial score (nSPS) is 21.8. The fourth-order valence-corrected chi connectivity index (χ4v) is 6.36. The van der Waals surface area contributed by atoms with Crippen LogP contribution in [0.15, 0.2) is 47.6 Å². The number of nitrogens with zero attached hydrogens (tertiary/aromatic N) is 3. The highest BCUT2D eigenvalue weighted by Crippen LogP contribution is 2.40. The van der Waals surface area contributed by atoms with Gasteiger partial charge in [-0.15, -0.1) is 12.4 Å². The second-order valence-corrected chi connectivity index (χ2v) is 11.0.